The molecule has 1 aliphatic heterocycles. The topological polar surface area (TPSA) is 55.8 Å². The quantitative estimate of drug-likeness (QED) is 0.802. The third kappa shape index (κ3) is 3.40. The molecular formula is C14H9Cl2F3O4. The minimum absolute atomic E-state index is 0.00188. The fraction of sp³-hybridized carbons (Fsp3) is 0.214. The van der Waals surface area contributed by atoms with E-state index in [9.17, 15) is 18.0 Å². The van der Waals surface area contributed by atoms with Crippen LogP contribution in [0.25, 0.3) is 6.08 Å². The third-order valence-corrected chi connectivity index (χ3v) is 3.55. The molecule has 9 heteroatoms. The number of hydrogen-bond acceptors (Lipinski definition) is 3. The highest BCUT2D eigenvalue weighted by Gasteiger charge is 2.48. The summed E-state index contributed by atoms with van der Waals surface area (Å²) in [7, 11) is 0. The van der Waals surface area contributed by atoms with Crippen LogP contribution in [0, 0.1) is 0 Å². The lowest BCUT2D eigenvalue weighted by molar-refractivity contribution is -0.187. The van der Waals surface area contributed by atoms with Gasteiger partial charge in [0.1, 0.15) is 12.4 Å². The van der Waals surface area contributed by atoms with Crippen molar-refractivity contribution in [1.82, 2.24) is 0 Å². The fourth-order valence-corrected chi connectivity index (χ4v) is 2.54. The summed E-state index contributed by atoms with van der Waals surface area (Å²) in [4.78, 5) is 11.1. The van der Waals surface area contributed by atoms with E-state index in [1.54, 1.807) is 0 Å². The maximum atomic E-state index is 13.0. The Kier molecular flexibility index (Phi) is 4.81. The van der Waals surface area contributed by atoms with Crippen LogP contribution in [-0.4, -0.2) is 30.0 Å². The van der Waals surface area contributed by atoms with E-state index >= 15 is 0 Å². The van der Waals surface area contributed by atoms with Crippen molar-refractivity contribution in [2.24, 2.45) is 0 Å². The number of carbonyl (C=O) groups is 1. The third-order valence-electron chi connectivity index (χ3n) is 2.89. The number of alkyl halides is 3. The molecule has 1 aromatic carbocycles. The monoisotopic (exact) mass is 368 g/mol. The van der Waals surface area contributed by atoms with Gasteiger partial charge >= 0.3 is 12.1 Å². The molecule has 0 saturated carbocycles. The number of hydrogen-bond donors (Lipinski definition) is 1. The van der Waals surface area contributed by atoms with Crippen molar-refractivity contribution in [3.05, 3.63) is 39.9 Å². The van der Waals surface area contributed by atoms with Gasteiger partial charge < -0.3 is 14.6 Å². The van der Waals surface area contributed by atoms with Crippen LogP contribution in [-0.2, 0) is 4.79 Å². The molecule has 0 saturated heterocycles. The summed E-state index contributed by atoms with van der Waals surface area (Å²) in [6, 6.07) is 1.09. The maximum absolute atomic E-state index is 13.0. The number of halogens is 5. The lowest BCUT2D eigenvalue weighted by Crippen LogP contribution is -2.40. The van der Waals surface area contributed by atoms with Crippen molar-refractivity contribution in [3.8, 4) is 11.5 Å². The molecule has 124 valence electrons. The standard InChI is InChI=1S/C14H9Cl2F3O4/c1-2-3-22-11-8(15)5-9-6(10(11)16)4-7(13(20)21)12(23-9)14(17,18)19/h2,4-5,12H,1,3H2,(H,20,21). The zero-order valence-corrected chi connectivity index (χ0v) is 12.8. The van der Waals surface area contributed by atoms with E-state index in [2.05, 4.69) is 6.58 Å². The number of benzene rings is 1. The van der Waals surface area contributed by atoms with E-state index in [1.807, 2.05) is 0 Å². The van der Waals surface area contributed by atoms with Crippen LogP contribution in [0.5, 0.6) is 11.5 Å². The van der Waals surface area contributed by atoms with Gasteiger partial charge in [-0.05, 0) is 6.08 Å². The van der Waals surface area contributed by atoms with Crippen LogP contribution in [0.3, 0.4) is 0 Å². The number of fused-ring (bicyclic) bond motifs is 1. The average Bonchev–Trinajstić information content (AvgIpc) is 2.45. The Balaban J connectivity index is 2.60. The molecule has 2 rings (SSSR count). The summed E-state index contributed by atoms with van der Waals surface area (Å²) in [6.45, 7) is 3.50. The van der Waals surface area contributed by atoms with Gasteiger partial charge in [0.2, 0.25) is 6.10 Å². The maximum Gasteiger partial charge on any atom is 0.430 e. The molecule has 0 radical (unpaired) electrons. The van der Waals surface area contributed by atoms with Gasteiger partial charge in [-0.1, -0.05) is 35.9 Å². The molecule has 23 heavy (non-hydrogen) atoms. The summed E-state index contributed by atoms with van der Waals surface area (Å²) in [6.07, 6.45) is -5.29. The number of carboxylic acids is 1. The van der Waals surface area contributed by atoms with Gasteiger partial charge in [0.05, 0.1) is 15.6 Å². The van der Waals surface area contributed by atoms with Gasteiger partial charge in [0, 0.05) is 11.6 Å². The predicted molar refractivity (Wildman–Crippen MR) is 78.2 cm³/mol. The molecule has 1 atom stereocenters. The molecule has 1 heterocycles. The molecule has 4 nitrogen and oxygen atoms in total. The van der Waals surface area contributed by atoms with E-state index in [0.717, 1.165) is 12.1 Å². The Morgan fingerprint density at radius 2 is 2.13 bits per heavy atom. The molecule has 1 aromatic rings. The second kappa shape index (κ2) is 6.33. The van der Waals surface area contributed by atoms with Crippen molar-refractivity contribution in [1.29, 1.82) is 0 Å². The van der Waals surface area contributed by atoms with Crippen LogP contribution >= 0.6 is 23.2 Å². The molecular weight excluding hydrogens is 360 g/mol. The highest BCUT2D eigenvalue weighted by molar-refractivity contribution is 6.38. The second-order valence-electron chi connectivity index (χ2n) is 4.46. The van der Waals surface area contributed by atoms with Gasteiger partial charge in [-0.25, -0.2) is 4.79 Å². The zero-order chi connectivity index (χ0) is 17.4. The number of aliphatic carboxylic acids is 1. The first-order chi connectivity index (χ1) is 10.7. The van der Waals surface area contributed by atoms with Crippen LogP contribution in [0.2, 0.25) is 10.0 Å². The Morgan fingerprint density at radius 3 is 2.65 bits per heavy atom. The minimum Gasteiger partial charge on any atom is -0.486 e. The normalized spacial score (nSPS) is 16.9. The van der Waals surface area contributed by atoms with E-state index in [1.165, 1.54) is 6.08 Å². The van der Waals surface area contributed by atoms with Crippen LogP contribution in [0.1, 0.15) is 5.56 Å². The Morgan fingerprint density at radius 1 is 1.48 bits per heavy atom. The lowest BCUT2D eigenvalue weighted by atomic mass is 10.0. The Labute approximate surface area is 138 Å². The van der Waals surface area contributed by atoms with E-state index in [4.69, 9.17) is 37.8 Å². The second-order valence-corrected chi connectivity index (χ2v) is 5.24. The predicted octanol–water partition coefficient (Wildman–Crippen LogP) is 4.35. The summed E-state index contributed by atoms with van der Waals surface area (Å²) in [5.41, 5.74) is -1.03. The van der Waals surface area contributed by atoms with Crippen LogP contribution < -0.4 is 9.47 Å². The van der Waals surface area contributed by atoms with Crippen molar-refractivity contribution < 1.29 is 32.5 Å². The van der Waals surface area contributed by atoms with E-state index < -0.39 is 23.8 Å². The number of carboxylic acid groups (broad SMARTS) is 1. The summed E-state index contributed by atoms with van der Waals surface area (Å²) in [5.74, 6) is -2.04. The van der Waals surface area contributed by atoms with Crippen LogP contribution in [0.15, 0.2) is 24.3 Å². The Bertz CT molecular complexity index is 698. The summed E-state index contributed by atoms with van der Waals surface area (Å²) < 4.78 is 48.9. The summed E-state index contributed by atoms with van der Waals surface area (Å²) in [5, 5.41) is 8.78. The highest BCUT2D eigenvalue weighted by Crippen LogP contribution is 2.46. The molecule has 1 aliphatic rings. The lowest BCUT2D eigenvalue weighted by Gasteiger charge is -2.28. The minimum atomic E-state index is -4.90. The molecule has 0 fully saturated rings. The number of rotatable bonds is 4. The van der Waals surface area contributed by atoms with E-state index in [0.29, 0.717) is 0 Å². The van der Waals surface area contributed by atoms with Gasteiger partial charge in [-0.15, -0.1) is 0 Å². The SMILES string of the molecule is C=CCOc1c(Cl)cc2c(c1Cl)C=C(C(=O)O)C(C(F)(F)F)O2. The first-order valence-corrected chi connectivity index (χ1v) is 6.86. The van der Waals surface area contributed by atoms with Crippen molar-refractivity contribution in [3.63, 3.8) is 0 Å². The molecule has 0 spiro atoms. The average molecular weight is 369 g/mol. The van der Waals surface area contributed by atoms with Gasteiger partial charge in [-0.3, -0.25) is 0 Å². The largest absolute Gasteiger partial charge is 0.486 e. The van der Waals surface area contributed by atoms with Crippen molar-refractivity contribution in [2.45, 2.75) is 12.3 Å². The molecule has 1 N–H and O–H groups in total. The highest BCUT2D eigenvalue weighted by atomic mass is 35.5. The smallest absolute Gasteiger partial charge is 0.430 e. The van der Waals surface area contributed by atoms with Gasteiger partial charge in [-0.2, -0.15) is 13.2 Å². The molecule has 0 amide bonds. The van der Waals surface area contributed by atoms with E-state index in [-0.39, 0.29) is 33.7 Å². The zero-order valence-electron chi connectivity index (χ0n) is 11.3. The first-order valence-electron chi connectivity index (χ1n) is 6.10. The molecule has 1 unspecified atom stereocenters. The van der Waals surface area contributed by atoms with Gasteiger partial charge in [0.15, 0.2) is 5.75 Å². The van der Waals surface area contributed by atoms with Crippen molar-refractivity contribution in [2.75, 3.05) is 6.61 Å². The number of ether oxygens (including phenoxy) is 2. The summed E-state index contributed by atoms with van der Waals surface area (Å²) >= 11 is 12.0. The van der Waals surface area contributed by atoms with Crippen molar-refractivity contribution >= 4 is 35.2 Å². The van der Waals surface area contributed by atoms with Crippen LogP contribution in [0.4, 0.5) is 13.2 Å². The fourth-order valence-electron chi connectivity index (χ4n) is 1.94. The first kappa shape index (κ1) is 17.5. The molecule has 0 aliphatic carbocycles. The molecule has 0 aromatic heterocycles. The van der Waals surface area contributed by atoms with Gasteiger partial charge in [0.25, 0.3) is 0 Å². The Hall–Kier alpha value is -1.86. The molecule has 0 bridgehead atoms.